The molecule has 0 radical (unpaired) electrons. The fourth-order valence-corrected chi connectivity index (χ4v) is 2.34. The lowest BCUT2D eigenvalue weighted by Gasteiger charge is -1.85. The third-order valence-corrected chi connectivity index (χ3v) is 3.53. The molecular formula is C7H6N2OS2. The smallest absolute Gasteiger partial charge is 0.258 e. The minimum atomic E-state index is -0.475. The zero-order chi connectivity index (χ0) is 9.14. The van der Waals surface area contributed by atoms with Crippen LogP contribution in [-0.4, -0.2) is 12.2 Å². The van der Waals surface area contributed by atoms with Crippen LogP contribution < -0.4 is 5.73 Å². The van der Waals surface area contributed by atoms with Gasteiger partial charge in [0.25, 0.3) is 5.91 Å². The highest BCUT2D eigenvalue weighted by molar-refractivity contribution is 8.00. The van der Waals surface area contributed by atoms with Gasteiger partial charge < -0.3 is 5.73 Å². The SMILES string of the molecule is CSc1sc(C(N)=O)cc1C#N. The zero-order valence-corrected chi connectivity index (χ0v) is 7.96. The van der Waals surface area contributed by atoms with Crippen molar-refractivity contribution in [1.29, 1.82) is 5.26 Å². The Morgan fingerprint density at radius 3 is 2.83 bits per heavy atom. The molecule has 0 atom stereocenters. The minimum Gasteiger partial charge on any atom is -0.365 e. The van der Waals surface area contributed by atoms with Gasteiger partial charge in [0.2, 0.25) is 0 Å². The molecule has 0 unspecified atom stereocenters. The van der Waals surface area contributed by atoms with E-state index in [0.717, 1.165) is 4.21 Å². The molecule has 0 aliphatic heterocycles. The molecular weight excluding hydrogens is 192 g/mol. The molecule has 62 valence electrons. The van der Waals surface area contributed by atoms with Gasteiger partial charge in [0.15, 0.2) is 0 Å². The predicted octanol–water partition coefficient (Wildman–Crippen LogP) is 1.44. The van der Waals surface area contributed by atoms with Crippen LogP contribution in [0.3, 0.4) is 0 Å². The summed E-state index contributed by atoms with van der Waals surface area (Å²) in [5, 5.41) is 8.64. The lowest BCUT2D eigenvalue weighted by molar-refractivity contribution is 0.100. The van der Waals surface area contributed by atoms with Crippen molar-refractivity contribution in [3.05, 3.63) is 16.5 Å². The third-order valence-electron chi connectivity index (χ3n) is 1.25. The van der Waals surface area contributed by atoms with Crippen LogP contribution in [0, 0.1) is 11.3 Å². The van der Waals surface area contributed by atoms with E-state index in [2.05, 4.69) is 0 Å². The van der Waals surface area contributed by atoms with E-state index in [1.165, 1.54) is 29.2 Å². The predicted molar refractivity (Wildman–Crippen MR) is 49.3 cm³/mol. The Morgan fingerprint density at radius 2 is 2.50 bits per heavy atom. The molecule has 2 N–H and O–H groups in total. The fourth-order valence-electron chi connectivity index (χ4n) is 0.725. The van der Waals surface area contributed by atoms with Gasteiger partial charge in [-0.15, -0.1) is 23.1 Å². The minimum absolute atomic E-state index is 0.441. The van der Waals surface area contributed by atoms with Crippen molar-refractivity contribution < 1.29 is 4.79 Å². The Labute approximate surface area is 78.2 Å². The average Bonchev–Trinajstić information content (AvgIpc) is 2.46. The van der Waals surface area contributed by atoms with Gasteiger partial charge in [-0.25, -0.2) is 0 Å². The maximum Gasteiger partial charge on any atom is 0.258 e. The molecule has 1 heterocycles. The van der Waals surface area contributed by atoms with Crippen LogP contribution in [-0.2, 0) is 0 Å². The Balaban J connectivity index is 3.16. The normalized spacial score (nSPS) is 9.33. The van der Waals surface area contributed by atoms with E-state index in [1.54, 1.807) is 0 Å². The average molecular weight is 198 g/mol. The molecule has 0 aromatic carbocycles. The number of nitriles is 1. The van der Waals surface area contributed by atoms with Crippen molar-refractivity contribution >= 4 is 29.0 Å². The number of hydrogen-bond donors (Lipinski definition) is 1. The first-order valence-electron chi connectivity index (χ1n) is 3.06. The maximum atomic E-state index is 10.7. The van der Waals surface area contributed by atoms with E-state index >= 15 is 0 Å². The summed E-state index contributed by atoms with van der Waals surface area (Å²) in [6.07, 6.45) is 1.86. The molecule has 0 aliphatic rings. The van der Waals surface area contributed by atoms with Crippen LogP contribution >= 0.6 is 23.1 Å². The highest BCUT2D eigenvalue weighted by atomic mass is 32.2. The molecule has 0 saturated carbocycles. The molecule has 0 fully saturated rings. The van der Waals surface area contributed by atoms with Gasteiger partial charge in [0, 0.05) is 0 Å². The first-order chi connectivity index (χ1) is 5.69. The maximum absolute atomic E-state index is 10.7. The number of carbonyl (C=O) groups is 1. The topological polar surface area (TPSA) is 66.9 Å². The first kappa shape index (κ1) is 9.10. The van der Waals surface area contributed by atoms with E-state index in [9.17, 15) is 4.79 Å². The number of primary amides is 1. The number of rotatable bonds is 2. The molecule has 1 aromatic heterocycles. The number of hydrogen-bond acceptors (Lipinski definition) is 4. The summed E-state index contributed by atoms with van der Waals surface area (Å²) in [7, 11) is 0. The number of thiophene rings is 1. The van der Waals surface area contributed by atoms with Crippen LogP contribution in [0.5, 0.6) is 0 Å². The third kappa shape index (κ3) is 1.60. The van der Waals surface area contributed by atoms with Crippen molar-refractivity contribution in [2.45, 2.75) is 4.21 Å². The first-order valence-corrected chi connectivity index (χ1v) is 5.11. The van der Waals surface area contributed by atoms with Gasteiger partial charge in [0.1, 0.15) is 6.07 Å². The van der Waals surface area contributed by atoms with Crippen LogP contribution in [0.2, 0.25) is 0 Å². The summed E-state index contributed by atoms with van der Waals surface area (Å²) in [6.45, 7) is 0. The highest BCUT2D eigenvalue weighted by Crippen LogP contribution is 2.29. The van der Waals surface area contributed by atoms with E-state index in [1.807, 2.05) is 12.3 Å². The fraction of sp³-hybridized carbons (Fsp3) is 0.143. The van der Waals surface area contributed by atoms with E-state index in [-0.39, 0.29) is 0 Å². The number of thioether (sulfide) groups is 1. The summed E-state index contributed by atoms with van der Waals surface area (Å²) in [4.78, 5) is 11.2. The summed E-state index contributed by atoms with van der Waals surface area (Å²) >= 11 is 2.70. The molecule has 1 amide bonds. The van der Waals surface area contributed by atoms with Crippen LogP contribution in [0.4, 0.5) is 0 Å². The molecule has 5 heteroatoms. The van der Waals surface area contributed by atoms with Gasteiger partial charge in [-0.2, -0.15) is 5.26 Å². The summed E-state index contributed by atoms with van der Waals surface area (Å²) in [5.74, 6) is -0.475. The van der Waals surface area contributed by atoms with Crippen LogP contribution in [0.15, 0.2) is 10.3 Å². The number of nitrogens with zero attached hydrogens (tertiary/aromatic N) is 1. The number of carbonyl (C=O) groups excluding carboxylic acids is 1. The summed E-state index contributed by atoms with van der Waals surface area (Å²) < 4.78 is 0.839. The molecule has 12 heavy (non-hydrogen) atoms. The molecule has 0 bridgehead atoms. The van der Waals surface area contributed by atoms with Crippen molar-refractivity contribution in [3.8, 4) is 6.07 Å². The Hall–Kier alpha value is -0.990. The van der Waals surface area contributed by atoms with E-state index < -0.39 is 5.91 Å². The Bertz CT molecular complexity index is 351. The van der Waals surface area contributed by atoms with Crippen molar-refractivity contribution in [3.63, 3.8) is 0 Å². The van der Waals surface area contributed by atoms with Crippen LogP contribution in [0.1, 0.15) is 15.2 Å². The Morgan fingerprint density at radius 1 is 1.83 bits per heavy atom. The largest absolute Gasteiger partial charge is 0.365 e. The molecule has 1 rings (SSSR count). The van der Waals surface area contributed by atoms with Gasteiger partial charge in [-0.3, -0.25) is 4.79 Å². The van der Waals surface area contributed by atoms with E-state index in [4.69, 9.17) is 11.0 Å². The molecule has 1 aromatic rings. The molecule has 0 saturated heterocycles. The van der Waals surface area contributed by atoms with Crippen LogP contribution in [0.25, 0.3) is 0 Å². The quantitative estimate of drug-likeness (QED) is 0.731. The van der Waals surface area contributed by atoms with Gasteiger partial charge >= 0.3 is 0 Å². The summed E-state index contributed by atoms with van der Waals surface area (Å²) in [6, 6.07) is 3.53. The summed E-state index contributed by atoms with van der Waals surface area (Å²) in [5.41, 5.74) is 5.59. The van der Waals surface area contributed by atoms with Crippen molar-refractivity contribution in [1.82, 2.24) is 0 Å². The Kier molecular flexibility index (Phi) is 2.74. The molecule has 3 nitrogen and oxygen atoms in total. The van der Waals surface area contributed by atoms with Gasteiger partial charge in [0.05, 0.1) is 14.6 Å². The second kappa shape index (κ2) is 3.61. The second-order valence-electron chi connectivity index (χ2n) is 1.99. The van der Waals surface area contributed by atoms with Gasteiger partial charge in [-0.05, 0) is 12.3 Å². The van der Waals surface area contributed by atoms with Gasteiger partial charge in [-0.1, -0.05) is 0 Å². The number of nitrogens with two attached hydrogens (primary N) is 1. The standard InChI is InChI=1S/C7H6N2OS2/c1-11-7-4(3-8)2-5(12-7)6(9)10/h2H,1H3,(H2,9,10). The lowest BCUT2D eigenvalue weighted by atomic mass is 10.3. The second-order valence-corrected chi connectivity index (χ2v) is 4.12. The molecule has 0 spiro atoms. The highest BCUT2D eigenvalue weighted by Gasteiger charge is 2.10. The van der Waals surface area contributed by atoms with E-state index in [0.29, 0.717) is 10.4 Å². The van der Waals surface area contributed by atoms with Crippen molar-refractivity contribution in [2.75, 3.05) is 6.26 Å². The molecule has 0 aliphatic carbocycles. The van der Waals surface area contributed by atoms with Crippen molar-refractivity contribution in [2.24, 2.45) is 5.73 Å². The monoisotopic (exact) mass is 198 g/mol. The number of amides is 1. The lowest BCUT2D eigenvalue weighted by Crippen LogP contribution is -2.08. The zero-order valence-electron chi connectivity index (χ0n) is 6.33.